The van der Waals surface area contributed by atoms with Crippen LogP contribution in [0.4, 0.5) is 5.69 Å². The average Bonchev–Trinajstić information content (AvgIpc) is 2.55. The molecule has 3 aromatic rings. The van der Waals surface area contributed by atoms with Crippen molar-refractivity contribution in [3.8, 4) is 0 Å². The lowest BCUT2D eigenvalue weighted by Crippen LogP contribution is -2.21. The Morgan fingerprint density at radius 1 is 0.857 bits per heavy atom. The van der Waals surface area contributed by atoms with Crippen LogP contribution in [-0.4, -0.2) is 13.6 Å². The Bertz CT molecular complexity index is 724. The molecule has 0 aliphatic heterocycles. The maximum absolute atomic E-state index is 6.61. The van der Waals surface area contributed by atoms with Crippen LogP contribution in [0.15, 0.2) is 72.8 Å². The first-order valence-electron chi connectivity index (χ1n) is 7.13. The van der Waals surface area contributed by atoms with Gasteiger partial charge in [0.2, 0.25) is 0 Å². The summed E-state index contributed by atoms with van der Waals surface area (Å²) in [6, 6.07) is 25.1. The Morgan fingerprint density at radius 3 is 2.29 bits per heavy atom. The lowest BCUT2D eigenvalue weighted by Gasteiger charge is -2.22. The van der Waals surface area contributed by atoms with Crippen molar-refractivity contribution >= 4 is 28.1 Å². The van der Waals surface area contributed by atoms with Gasteiger partial charge in [0.25, 0.3) is 0 Å². The summed E-state index contributed by atoms with van der Waals surface area (Å²) in [6.45, 7) is 0.782. The molecule has 0 radical (unpaired) electrons. The molecule has 3 rings (SSSR count). The van der Waals surface area contributed by atoms with E-state index in [4.69, 9.17) is 11.6 Å². The summed E-state index contributed by atoms with van der Waals surface area (Å²) in [5, 5.41) is 2.46. The zero-order chi connectivity index (χ0) is 14.7. The van der Waals surface area contributed by atoms with E-state index in [0.717, 1.165) is 12.1 Å². The fraction of sp³-hybridized carbons (Fsp3) is 0.158. The summed E-state index contributed by atoms with van der Waals surface area (Å²) in [7, 11) is 2.08. The lowest BCUT2D eigenvalue weighted by molar-refractivity contribution is 0.852. The molecule has 1 atom stereocenters. The number of rotatable bonds is 4. The maximum Gasteiger partial charge on any atom is 0.0760 e. The minimum atomic E-state index is -0.0280. The van der Waals surface area contributed by atoms with E-state index in [-0.39, 0.29) is 5.38 Å². The number of nitrogens with zero attached hydrogens (tertiary/aromatic N) is 1. The fourth-order valence-electron chi connectivity index (χ4n) is 2.54. The van der Waals surface area contributed by atoms with Crippen LogP contribution in [0, 0.1) is 0 Å². The predicted molar refractivity (Wildman–Crippen MR) is 92.3 cm³/mol. The van der Waals surface area contributed by atoms with Crippen LogP contribution in [0.5, 0.6) is 0 Å². The van der Waals surface area contributed by atoms with Crippen LogP contribution in [0.3, 0.4) is 0 Å². The van der Waals surface area contributed by atoms with Crippen molar-refractivity contribution in [1.29, 1.82) is 0 Å². The molecule has 1 nitrogen and oxygen atoms in total. The molecule has 0 fully saturated rings. The standard InChI is InChI=1S/C19H18ClN/c1-21(18-9-3-2-4-10-18)14-19(20)17-12-11-15-7-5-6-8-16(15)13-17/h2-13,19H,14H2,1H3. The molecule has 0 aromatic heterocycles. The molecule has 0 heterocycles. The number of alkyl halides is 1. The van der Waals surface area contributed by atoms with Gasteiger partial charge in [0.1, 0.15) is 0 Å². The van der Waals surface area contributed by atoms with Crippen LogP contribution in [0.2, 0.25) is 0 Å². The molecule has 0 saturated heterocycles. The quantitative estimate of drug-likeness (QED) is 0.594. The molecular weight excluding hydrogens is 278 g/mol. The van der Waals surface area contributed by atoms with E-state index >= 15 is 0 Å². The van der Waals surface area contributed by atoms with E-state index in [0.29, 0.717) is 0 Å². The number of fused-ring (bicyclic) bond motifs is 1. The van der Waals surface area contributed by atoms with E-state index < -0.39 is 0 Å². The average molecular weight is 296 g/mol. The van der Waals surface area contributed by atoms with Crippen LogP contribution in [-0.2, 0) is 0 Å². The van der Waals surface area contributed by atoms with Gasteiger partial charge in [-0.1, -0.05) is 54.6 Å². The van der Waals surface area contributed by atoms with Crippen LogP contribution >= 0.6 is 11.6 Å². The molecule has 0 bridgehead atoms. The van der Waals surface area contributed by atoms with E-state index in [9.17, 15) is 0 Å². The first kappa shape index (κ1) is 14.0. The molecule has 21 heavy (non-hydrogen) atoms. The van der Waals surface area contributed by atoms with Gasteiger partial charge in [-0.3, -0.25) is 0 Å². The zero-order valence-corrected chi connectivity index (χ0v) is 12.8. The number of hydrogen-bond acceptors (Lipinski definition) is 1. The highest BCUT2D eigenvalue weighted by molar-refractivity contribution is 6.21. The smallest absolute Gasteiger partial charge is 0.0760 e. The lowest BCUT2D eigenvalue weighted by atomic mass is 10.0. The van der Waals surface area contributed by atoms with Gasteiger partial charge in [-0.05, 0) is 34.5 Å². The third-order valence-corrected chi connectivity index (χ3v) is 4.16. The number of benzene rings is 3. The Kier molecular flexibility index (Phi) is 4.12. The van der Waals surface area contributed by atoms with Crippen molar-refractivity contribution in [3.63, 3.8) is 0 Å². The summed E-state index contributed by atoms with van der Waals surface area (Å²) in [4.78, 5) is 2.19. The van der Waals surface area contributed by atoms with Crippen LogP contribution in [0.1, 0.15) is 10.9 Å². The molecule has 0 aliphatic carbocycles. The van der Waals surface area contributed by atoms with Gasteiger partial charge in [0, 0.05) is 19.3 Å². The topological polar surface area (TPSA) is 3.24 Å². The number of likely N-dealkylation sites (N-methyl/N-ethyl adjacent to an activating group) is 1. The fourth-order valence-corrected chi connectivity index (χ4v) is 2.88. The Labute approximate surface area is 130 Å². The van der Waals surface area contributed by atoms with E-state index in [1.165, 1.54) is 16.5 Å². The second kappa shape index (κ2) is 6.19. The third-order valence-electron chi connectivity index (χ3n) is 3.77. The van der Waals surface area contributed by atoms with Gasteiger partial charge in [-0.2, -0.15) is 0 Å². The summed E-state index contributed by atoms with van der Waals surface area (Å²) < 4.78 is 0. The second-order valence-corrected chi connectivity index (χ2v) is 5.82. The number of para-hydroxylation sites is 1. The molecule has 2 heteroatoms. The summed E-state index contributed by atoms with van der Waals surface area (Å²) in [5.74, 6) is 0. The van der Waals surface area contributed by atoms with Crippen molar-refractivity contribution in [2.45, 2.75) is 5.38 Å². The third kappa shape index (κ3) is 3.20. The van der Waals surface area contributed by atoms with Gasteiger partial charge in [0.05, 0.1) is 5.38 Å². The highest BCUT2D eigenvalue weighted by Crippen LogP contribution is 2.26. The highest BCUT2D eigenvalue weighted by Gasteiger charge is 2.12. The van der Waals surface area contributed by atoms with Crippen molar-refractivity contribution in [1.82, 2.24) is 0 Å². The monoisotopic (exact) mass is 295 g/mol. The van der Waals surface area contributed by atoms with E-state index in [1.54, 1.807) is 0 Å². The van der Waals surface area contributed by atoms with Gasteiger partial charge in [0.15, 0.2) is 0 Å². The zero-order valence-electron chi connectivity index (χ0n) is 12.0. The number of halogens is 1. The van der Waals surface area contributed by atoms with E-state index in [2.05, 4.69) is 66.5 Å². The second-order valence-electron chi connectivity index (χ2n) is 5.29. The molecule has 0 amide bonds. The molecule has 106 valence electrons. The van der Waals surface area contributed by atoms with Crippen molar-refractivity contribution in [3.05, 3.63) is 78.4 Å². The number of hydrogen-bond donors (Lipinski definition) is 0. The van der Waals surface area contributed by atoms with Gasteiger partial charge in [-0.15, -0.1) is 11.6 Å². The first-order valence-corrected chi connectivity index (χ1v) is 7.56. The first-order chi connectivity index (χ1) is 10.2. The molecule has 0 aliphatic rings. The number of anilines is 1. The van der Waals surface area contributed by atoms with E-state index in [1.807, 2.05) is 18.2 Å². The van der Waals surface area contributed by atoms with Gasteiger partial charge >= 0.3 is 0 Å². The predicted octanol–water partition coefficient (Wildman–Crippen LogP) is 5.26. The van der Waals surface area contributed by atoms with Crippen molar-refractivity contribution in [2.24, 2.45) is 0 Å². The molecular formula is C19H18ClN. The SMILES string of the molecule is CN(CC(Cl)c1ccc2ccccc2c1)c1ccccc1. The van der Waals surface area contributed by atoms with Crippen molar-refractivity contribution in [2.75, 3.05) is 18.5 Å². The van der Waals surface area contributed by atoms with Gasteiger partial charge in [-0.25, -0.2) is 0 Å². The minimum Gasteiger partial charge on any atom is -0.373 e. The van der Waals surface area contributed by atoms with Gasteiger partial charge < -0.3 is 4.90 Å². The maximum atomic E-state index is 6.61. The summed E-state index contributed by atoms with van der Waals surface area (Å²) in [6.07, 6.45) is 0. The molecule has 1 unspecified atom stereocenters. The van der Waals surface area contributed by atoms with Crippen LogP contribution in [0.25, 0.3) is 10.8 Å². The molecule has 0 N–H and O–H groups in total. The molecule has 0 spiro atoms. The molecule has 3 aromatic carbocycles. The normalized spacial score (nSPS) is 12.3. The molecule has 0 saturated carbocycles. The minimum absolute atomic E-state index is 0.0280. The summed E-state index contributed by atoms with van der Waals surface area (Å²) >= 11 is 6.61. The van der Waals surface area contributed by atoms with Crippen LogP contribution < -0.4 is 4.90 Å². The Morgan fingerprint density at radius 2 is 1.52 bits per heavy atom. The summed E-state index contributed by atoms with van der Waals surface area (Å²) in [5.41, 5.74) is 2.35. The Balaban J connectivity index is 1.79. The largest absolute Gasteiger partial charge is 0.373 e. The highest BCUT2D eigenvalue weighted by atomic mass is 35.5. The Hall–Kier alpha value is -1.99. The van der Waals surface area contributed by atoms with Crippen molar-refractivity contribution < 1.29 is 0 Å².